The summed E-state index contributed by atoms with van der Waals surface area (Å²) in [7, 11) is 1.61. The second-order valence-electron chi connectivity index (χ2n) is 6.38. The van der Waals surface area contributed by atoms with E-state index in [1.807, 2.05) is 31.2 Å². The van der Waals surface area contributed by atoms with Crippen LogP contribution in [0.15, 0.2) is 29.1 Å². The van der Waals surface area contributed by atoms with Crippen molar-refractivity contribution < 1.29 is 9.53 Å². The van der Waals surface area contributed by atoms with Gasteiger partial charge in [-0.1, -0.05) is 12.1 Å². The molecule has 1 aliphatic carbocycles. The maximum atomic E-state index is 12.7. The fourth-order valence-corrected chi connectivity index (χ4v) is 2.94. The lowest BCUT2D eigenvalue weighted by atomic mass is 10.2. The first kappa shape index (κ1) is 16.6. The molecule has 1 aromatic carbocycles. The predicted molar refractivity (Wildman–Crippen MR) is 92.1 cm³/mol. The largest absolute Gasteiger partial charge is 0.383 e. The molecule has 6 heteroatoms. The highest BCUT2D eigenvalue weighted by atomic mass is 16.5. The maximum Gasteiger partial charge on any atom is 0.261 e. The van der Waals surface area contributed by atoms with Crippen LogP contribution < -0.4 is 10.9 Å². The highest BCUT2D eigenvalue weighted by Crippen LogP contribution is 2.34. The minimum absolute atomic E-state index is 0.00580. The number of nitrogens with one attached hydrogen (secondary N) is 1. The number of aromatic nitrogens is 2. The van der Waals surface area contributed by atoms with Crippen LogP contribution in [0.2, 0.25) is 0 Å². The molecule has 2 aromatic rings. The molecular weight excluding hydrogens is 306 g/mol. The molecule has 3 rings (SSSR count). The van der Waals surface area contributed by atoms with Gasteiger partial charge in [0.25, 0.3) is 5.56 Å². The number of aryl methyl sites for hydroxylation is 1. The molecule has 1 fully saturated rings. The molecule has 0 unspecified atom stereocenters. The van der Waals surface area contributed by atoms with Gasteiger partial charge in [-0.05, 0) is 31.9 Å². The summed E-state index contributed by atoms with van der Waals surface area (Å²) in [5.41, 5.74) is 0.703. The van der Waals surface area contributed by atoms with Gasteiger partial charge in [0.05, 0.1) is 17.5 Å². The van der Waals surface area contributed by atoms with Gasteiger partial charge in [-0.3, -0.25) is 14.2 Å². The average molecular weight is 329 g/mol. The Labute approximate surface area is 140 Å². The van der Waals surface area contributed by atoms with E-state index in [1.165, 1.54) is 0 Å². The summed E-state index contributed by atoms with van der Waals surface area (Å²) < 4.78 is 6.80. The molecule has 1 atom stereocenters. The fourth-order valence-electron chi connectivity index (χ4n) is 2.94. The molecule has 0 spiro atoms. The van der Waals surface area contributed by atoms with Crippen molar-refractivity contribution in [2.45, 2.75) is 44.7 Å². The zero-order valence-corrected chi connectivity index (χ0v) is 14.1. The first-order valence-electron chi connectivity index (χ1n) is 8.38. The average Bonchev–Trinajstić information content (AvgIpc) is 3.38. The van der Waals surface area contributed by atoms with Crippen molar-refractivity contribution in [2.75, 3.05) is 13.7 Å². The van der Waals surface area contributed by atoms with Crippen molar-refractivity contribution in [3.63, 3.8) is 0 Å². The van der Waals surface area contributed by atoms with Crippen LogP contribution in [0.5, 0.6) is 0 Å². The number of carbonyl (C=O) groups excluding carboxylic acids is 1. The summed E-state index contributed by atoms with van der Waals surface area (Å²) in [6.45, 7) is 2.38. The third-order valence-corrected chi connectivity index (χ3v) is 4.19. The van der Waals surface area contributed by atoms with Crippen LogP contribution in [0.4, 0.5) is 0 Å². The van der Waals surface area contributed by atoms with Crippen molar-refractivity contribution in [1.82, 2.24) is 14.9 Å². The number of hydrogen-bond donors (Lipinski definition) is 1. The molecule has 0 radical (unpaired) electrons. The minimum atomic E-state index is -0.0516. The molecule has 1 amide bonds. The van der Waals surface area contributed by atoms with Crippen LogP contribution in [-0.4, -0.2) is 35.2 Å². The predicted octanol–water partition coefficient (Wildman–Crippen LogP) is 1.82. The number of fused-ring (bicyclic) bond motifs is 1. The first-order valence-corrected chi connectivity index (χ1v) is 8.38. The van der Waals surface area contributed by atoms with Crippen molar-refractivity contribution in [3.8, 4) is 0 Å². The molecular formula is C18H23N3O3. The summed E-state index contributed by atoms with van der Waals surface area (Å²) in [6.07, 6.45) is 2.78. The molecule has 0 bridgehead atoms. The summed E-state index contributed by atoms with van der Waals surface area (Å²) in [5.74, 6) is 0.653. The lowest BCUT2D eigenvalue weighted by Gasteiger charge is -2.15. The van der Waals surface area contributed by atoms with E-state index in [-0.39, 0.29) is 23.6 Å². The van der Waals surface area contributed by atoms with Crippen molar-refractivity contribution in [2.24, 2.45) is 0 Å². The molecule has 0 aliphatic heterocycles. The molecule has 128 valence electrons. The molecule has 1 saturated carbocycles. The highest BCUT2D eigenvalue weighted by Gasteiger charge is 2.28. The van der Waals surface area contributed by atoms with Crippen LogP contribution >= 0.6 is 0 Å². The topological polar surface area (TPSA) is 73.2 Å². The highest BCUT2D eigenvalue weighted by molar-refractivity contribution is 5.78. The van der Waals surface area contributed by atoms with Crippen molar-refractivity contribution in [3.05, 3.63) is 40.4 Å². The molecule has 6 nitrogen and oxygen atoms in total. The first-order chi connectivity index (χ1) is 11.6. The van der Waals surface area contributed by atoms with Gasteiger partial charge >= 0.3 is 0 Å². The zero-order valence-electron chi connectivity index (χ0n) is 14.1. The summed E-state index contributed by atoms with van der Waals surface area (Å²) in [6, 6.07) is 7.59. The van der Waals surface area contributed by atoms with Gasteiger partial charge < -0.3 is 10.1 Å². The van der Waals surface area contributed by atoms with Gasteiger partial charge in [0, 0.05) is 32.0 Å². The lowest BCUT2D eigenvalue weighted by molar-refractivity contribution is -0.122. The Bertz CT molecular complexity index is 796. The molecule has 24 heavy (non-hydrogen) atoms. The summed E-state index contributed by atoms with van der Waals surface area (Å²) >= 11 is 0. The van der Waals surface area contributed by atoms with Gasteiger partial charge in [-0.25, -0.2) is 4.98 Å². The number of amides is 1. The Morgan fingerprint density at radius 3 is 2.88 bits per heavy atom. The minimum Gasteiger partial charge on any atom is -0.383 e. The smallest absolute Gasteiger partial charge is 0.261 e. The monoisotopic (exact) mass is 329 g/mol. The number of hydrogen-bond acceptors (Lipinski definition) is 4. The van der Waals surface area contributed by atoms with E-state index >= 15 is 0 Å². The second-order valence-corrected chi connectivity index (χ2v) is 6.38. The Morgan fingerprint density at radius 1 is 1.42 bits per heavy atom. The number of methoxy groups -OCH3 is 1. The number of rotatable bonds is 7. The fraction of sp³-hybridized carbons (Fsp3) is 0.500. The van der Waals surface area contributed by atoms with E-state index in [1.54, 1.807) is 11.7 Å². The third-order valence-electron chi connectivity index (χ3n) is 4.19. The van der Waals surface area contributed by atoms with Crippen molar-refractivity contribution in [1.29, 1.82) is 0 Å². The van der Waals surface area contributed by atoms with Gasteiger partial charge in [0.15, 0.2) is 0 Å². The zero-order chi connectivity index (χ0) is 17.1. The summed E-state index contributed by atoms with van der Waals surface area (Å²) in [5, 5.41) is 3.53. The Hall–Kier alpha value is -2.21. The van der Waals surface area contributed by atoms with Crippen molar-refractivity contribution >= 4 is 16.8 Å². The third kappa shape index (κ3) is 3.64. The van der Waals surface area contributed by atoms with E-state index in [0.717, 1.165) is 12.8 Å². The standard InChI is InChI=1S/C18H23N3O3/c1-12(11-24-2)19-17(22)10-9-16-20-15-6-4-3-5-14(15)18(23)21(16)13-7-8-13/h3-6,12-13H,7-11H2,1-2H3,(H,19,22)/t12-/m0/s1. The van der Waals surface area contributed by atoms with E-state index < -0.39 is 0 Å². The SMILES string of the molecule is COC[C@H](C)NC(=O)CCc1nc2ccccc2c(=O)n1C1CC1. The summed E-state index contributed by atoms with van der Waals surface area (Å²) in [4.78, 5) is 29.5. The normalized spacial score (nSPS) is 15.4. The van der Waals surface area contributed by atoms with Gasteiger partial charge in [0.1, 0.15) is 5.82 Å². The van der Waals surface area contributed by atoms with E-state index in [2.05, 4.69) is 10.3 Å². The van der Waals surface area contributed by atoms with E-state index in [0.29, 0.717) is 36.2 Å². The van der Waals surface area contributed by atoms with Crippen LogP contribution in [0.3, 0.4) is 0 Å². The number of nitrogens with zero attached hydrogens (tertiary/aromatic N) is 2. The molecule has 1 aromatic heterocycles. The number of ether oxygens (including phenoxy) is 1. The molecule has 1 heterocycles. The van der Waals surface area contributed by atoms with E-state index in [4.69, 9.17) is 4.74 Å². The molecule has 1 N–H and O–H groups in total. The van der Waals surface area contributed by atoms with Gasteiger partial charge in [-0.2, -0.15) is 0 Å². The Kier molecular flexibility index (Phi) is 4.94. The van der Waals surface area contributed by atoms with Crippen LogP contribution in [0.25, 0.3) is 10.9 Å². The number of carbonyl (C=O) groups is 1. The number of para-hydroxylation sites is 1. The Balaban J connectivity index is 1.80. The molecule has 1 aliphatic rings. The molecule has 0 saturated heterocycles. The quantitative estimate of drug-likeness (QED) is 0.841. The van der Waals surface area contributed by atoms with Crippen LogP contribution in [0.1, 0.15) is 38.1 Å². The van der Waals surface area contributed by atoms with Crippen LogP contribution in [-0.2, 0) is 16.0 Å². The van der Waals surface area contributed by atoms with Gasteiger partial charge in [-0.15, -0.1) is 0 Å². The van der Waals surface area contributed by atoms with Gasteiger partial charge in [0.2, 0.25) is 5.91 Å². The van der Waals surface area contributed by atoms with E-state index in [9.17, 15) is 9.59 Å². The second kappa shape index (κ2) is 7.13. The van der Waals surface area contributed by atoms with Crippen LogP contribution in [0, 0.1) is 0 Å². The lowest BCUT2D eigenvalue weighted by Crippen LogP contribution is -2.36. The number of benzene rings is 1. The Morgan fingerprint density at radius 2 is 2.17 bits per heavy atom. The maximum absolute atomic E-state index is 12.7.